The van der Waals surface area contributed by atoms with Crippen LogP contribution in [-0.2, 0) is 6.42 Å². The number of rotatable bonds is 3. The van der Waals surface area contributed by atoms with Crippen LogP contribution in [0.25, 0.3) is 26.5 Å². The summed E-state index contributed by atoms with van der Waals surface area (Å²) >= 11 is 3.59. The minimum absolute atomic E-state index is 0.267. The number of para-hydroxylation sites is 2. The van der Waals surface area contributed by atoms with Gasteiger partial charge >= 0.3 is 0 Å². The molecule has 2 aromatic carbocycles. The van der Waals surface area contributed by atoms with Crippen molar-refractivity contribution < 1.29 is 0 Å². The summed E-state index contributed by atoms with van der Waals surface area (Å²) < 4.78 is 2.53. The van der Waals surface area contributed by atoms with Gasteiger partial charge in [0, 0.05) is 6.42 Å². The molecule has 5 rings (SSSR count). The zero-order valence-electron chi connectivity index (χ0n) is 16.1. The van der Waals surface area contributed by atoms with E-state index >= 15 is 0 Å². The normalized spacial score (nSPS) is 18.1. The van der Waals surface area contributed by atoms with Crippen molar-refractivity contribution in [3.63, 3.8) is 0 Å². The second-order valence-corrected chi connectivity index (χ2v) is 10.5. The first-order valence-electron chi connectivity index (χ1n) is 9.64. The van der Waals surface area contributed by atoms with Crippen LogP contribution in [0.5, 0.6) is 0 Å². The average molecular weight is 403 g/mol. The number of allylic oxidation sites excluding steroid dienone is 3. The van der Waals surface area contributed by atoms with Gasteiger partial charge in [-0.15, -0.1) is 22.7 Å². The molecule has 2 nitrogen and oxygen atoms in total. The Labute approximate surface area is 173 Å². The molecule has 0 bridgehead atoms. The van der Waals surface area contributed by atoms with E-state index in [0.29, 0.717) is 0 Å². The highest BCUT2D eigenvalue weighted by Crippen LogP contribution is 2.40. The fraction of sp³-hybridized carbons (Fsp3) is 0.250. The molecule has 0 N–H and O–H groups in total. The standard InChI is InChI=1S/C24H22N2S2/c1-24(2)14-16(12-22-25-18-7-3-5-9-20(18)27-22)11-17(15-24)13-23-26-19-8-4-6-10-21(19)28-23/h3-12H,13-15H2,1-2H3. The Morgan fingerprint density at radius 2 is 1.57 bits per heavy atom. The number of hydrogen-bond donors (Lipinski definition) is 0. The lowest BCUT2D eigenvalue weighted by Crippen LogP contribution is -2.18. The number of fused-ring (bicyclic) bond motifs is 2. The van der Waals surface area contributed by atoms with Gasteiger partial charge in [-0.05, 0) is 54.2 Å². The van der Waals surface area contributed by atoms with Crippen LogP contribution >= 0.6 is 22.7 Å². The molecule has 1 aliphatic carbocycles. The van der Waals surface area contributed by atoms with Crippen LogP contribution in [0.1, 0.15) is 36.7 Å². The van der Waals surface area contributed by atoms with Crippen LogP contribution in [-0.4, -0.2) is 9.97 Å². The summed E-state index contributed by atoms with van der Waals surface area (Å²) in [6.45, 7) is 4.73. The molecule has 2 aromatic heterocycles. The van der Waals surface area contributed by atoms with E-state index in [1.165, 1.54) is 25.6 Å². The van der Waals surface area contributed by atoms with Crippen molar-refractivity contribution in [1.82, 2.24) is 9.97 Å². The van der Waals surface area contributed by atoms with Crippen LogP contribution in [0.3, 0.4) is 0 Å². The Morgan fingerprint density at radius 1 is 0.893 bits per heavy atom. The van der Waals surface area contributed by atoms with Gasteiger partial charge in [0.2, 0.25) is 0 Å². The van der Waals surface area contributed by atoms with E-state index in [4.69, 9.17) is 9.97 Å². The van der Waals surface area contributed by atoms with Gasteiger partial charge in [0.25, 0.3) is 0 Å². The first-order valence-corrected chi connectivity index (χ1v) is 11.3. The summed E-state index contributed by atoms with van der Waals surface area (Å²) in [7, 11) is 0. The van der Waals surface area contributed by atoms with E-state index < -0.39 is 0 Å². The number of aromatic nitrogens is 2. The molecule has 0 fully saturated rings. The van der Waals surface area contributed by atoms with Crippen LogP contribution < -0.4 is 0 Å². The van der Waals surface area contributed by atoms with E-state index in [2.05, 4.69) is 74.5 Å². The van der Waals surface area contributed by atoms with Gasteiger partial charge in [-0.1, -0.05) is 49.8 Å². The number of thiazole rings is 2. The first kappa shape index (κ1) is 17.8. The van der Waals surface area contributed by atoms with Crippen molar-refractivity contribution in [2.75, 3.05) is 0 Å². The third kappa shape index (κ3) is 3.67. The molecular formula is C24H22N2S2. The lowest BCUT2D eigenvalue weighted by Gasteiger charge is -2.31. The van der Waals surface area contributed by atoms with E-state index in [1.807, 2.05) is 11.3 Å². The predicted molar refractivity (Wildman–Crippen MR) is 122 cm³/mol. The largest absolute Gasteiger partial charge is 0.241 e. The van der Waals surface area contributed by atoms with Gasteiger partial charge in [0.15, 0.2) is 0 Å². The Balaban J connectivity index is 1.47. The van der Waals surface area contributed by atoms with Crippen molar-refractivity contribution in [1.29, 1.82) is 0 Å². The molecule has 0 unspecified atom stereocenters. The average Bonchev–Trinajstić information content (AvgIpc) is 3.22. The maximum absolute atomic E-state index is 4.84. The monoisotopic (exact) mass is 402 g/mol. The molecule has 0 aliphatic heterocycles. The number of nitrogens with zero attached hydrogens (tertiary/aromatic N) is 2. The fourth-order valence-electron chi connectivity index (χ4n) is 4.10. The third-order valence-corrected chi connectivity index (χ3v) is 7.13. The SMILES string of the molecule is CC1(C)CC(=Cc2nc3ccccc3s2)C=C(Cc2nc3ccccc3s2)C1. The summed E-state index contributed by atoms with van der Waals surface area (Å²) in [4.78, 5) is 9.64. The minimum Gasteiger partial charge on any atom is -0.241 e. The minimum atomic E-state index is 0.267. The van der Waals surface area contributed by atoms with Crippen LogP contribution in [0.4, 0.5) is 0 Å². The predicted octanol–water partition coefficient (Wildman–Crippen LogP) is 7.28. The van der Waals surface area contributed by atoms with Gasteiger partial charge in [-0.2, -0.15) is 0 Å². The molecule has 0 spiro atoms. The highest BCUT2D eigenvalue weighted by Gasteiger charge is 2.26. The smallest absolute Gasteiger partial charge is 0.117 e. The summed E-state index contributed by atoms with van der Waals surface area (Å²) in [5.41, 5.74) is 5.33. The summed E-state index contributed by atoms with van der Waals surface area (Å²) in [6, 6.07) is 16.8. The van der Waals surface area contributed by atoms with E-state index in [-0.39, 0.29) is 5.41 Å². The van der Waals surface area contributed by atoms with Gasteiger partial charge in [0.1, 0.15) is 5.01 Å². The van der Waals surface area contributed by atoms with Crippen molar-refractivity contribution in [3.8, 4) is 0 Å². The van der Waals surface area contributed by atoms with Gasteiger partial charge in [-0.25, -0.2) is 9.97 Å². The van der Waals surface area contributed by atoms with Crippen LogP contribution in [0, 0.1) is 5.41 Å². The zero-order valence-corrected chi connectivity index (χ0v) is 17.7. The molecule has 2 heterocycles. The Hall–Kier alpha value is -2.30. The second kappa shape index (κ2) is 6.94. The molecule has 140 valence electrons. The summed E-state index contributed by atoms with van der Waals surface area (Å²) in [5.74, 6) is 0. The second-order valence-electron chi connectivity index (χ2n) is 8.31. The molecular weight excluding hydrogens is 380 g/mol. The van der Waals surface area contributed by atoms with Crippen LogP contribution in [0.15, 0.2) is 65.8 Å². The quantitative estimate of drug-likeness (QED) is 0.360. The lowest BCUT2D eigenvalue weighted by atomic mass is 9.74. The molecule has 4 aromatic rings. The Bertz CT molecular complexity index is 1160. The first-order chi connectivity index (χ1) is 13.5. The number of benzene rings is 2. The van der Waals surface area contributed by atoms with Crippen molar-refractivity contribution >= 4 is 49.2 Å². The third-order valence-electron chi connectivity index (χ3n) is 5.11. The molecule has 1 aliphatic rings. The molecule has 4 heteroatoms. The highest BCUT2D eigenvalue weighted by atomic mass is 32.1. The van der Waals surface area contributed by atoms with Crippen molar-refractivity contribution in [2.24, 2.45) is 5.41 Å². The van der Waals surface area contributed by atoms with Gasteiger partial charge in [0.05, 0.1) is 25.4 Å². The van der Waals surface area contributed by atoms with Gasteiger partial charge < -0.3 is 0 Å². The molecule has 0 saturated heterocycles. The number of hydrogen-bond acceptors (Lipinski definition) is 4. The highest BCUT2D eigenvalue weighted by molar-refractivity contribution is 7.19. The fourth-order valence-corrected chi connectivity index (χ4v) is 6.07. The molecule has 0 radical (unpaired) electrons. The zero-order chi connectivity index (χ0) is 19.1. The molecule has 28 heavy (non-hydrogen) atoms. The molecule has 0 atom stereocenters. The van der Waals surface area contributed by atoms with E-state index in [0.717, 1.165) is 35.3 Å². The Morgan fingerprint density at radius 3 is 2.29 bits per heavy atom. The summed E-state index contributed by atoms with van der Waals surface area (Å²) in [6.07, 6.45) is 7.83. The van der Waals surface area contributed by atoms with E-state index in [9.17, 15) is 0 Å². The summed E-state index contributed by atoms with van der Waals surface area (Å²) in [5, 5.41) is 2.31. The Kier molecular flexibility index (Phi) is 4.41. The van der Waals surface area contributed by atoms with Crippen LogP contribution in [0.2, 0.25) is 0 Å². The van der Waals surface area contributed by atoms with Crippen molar-refractivity contribution in [2.45, 2.75) is 33.1 Å². The van der Waals surface area contributed by atoms with Crippen molar-refractivity contribution in [3.05, 3.63) is 75.8 Å². The van der Waals surface area contributed by atoms with E-state index in [1.54, 1.807) is 11.3 Å². The maximum Gasteiger partial charge on any atom is 0.117 e. The lowest BCUT2D eigenvalue weighted by molar-refractivity contribution is 0.349. The van der Waals surface area contributed by atoms with Gasteiger partial charge in [-0.3, -0.25) is 0 Å². The molecule has 0 saturated carbocycles. The maximum atomic E-state index is 4.84. The topological polar surface area (TPSA) is 25.8 Å². The molecule has 0 amide bonds.